The van der Waals surface area contributed by atoms with Crippen molar-refractivity contribution >= 4 is 40.7 Å². The van der Waals surface area contributed by atoms with Crippen molar-refractivity contribution in [2.24, 2.45) is 0 Å². The zero-order chi connectivity index (χ0) is 25.7. The molecule has 1 saturated heterocycles. The third-order valence-corrected chi connectivity index (χ3v) is 6.56. The van der Waals surface area contributed by atoms with Gasteiger partial charge in [-0.3, -0.25) is 24.2 Å². The molecule has 2 aliphatic heterocycles. The molecule has 35 heavy (non-hydrogen) atoms. The summed E-state index contributed by atoms with van der Waals surface area (Å²) in [4.78, 5) is 42.0. The van der Waals surface area contributed by atoms with Crippen LogP contribution in [0.5, 0.6) is 0 Å². The summed E-state index contributed by atoms with van der Waals surface area (Å²) in [6, 6.07) is 11.0. The molecule has 0 saturated carbocycles. The molecule has 0 unspecified atom stereocenters. The van der Waals surface area contributed by atoms with Crippen LogP contribution in [0.2, 0.25) is 0 Å². The molecule has 2 aromatic rings. The molecule has 0 aliphatic carbocycles. The molecule has 0 radical (unpaired) electrons. The minimum atomic E-state index is -4.78. The molecule has 11 heteroatoms. The van der Waals surface area contributed by atoms with E-state index in [2.05, 4.69) is 0 Å². The first kappa shape index (κ1) is 24.3. The number of carbonyl (C=O) groups is 3. The largest absolute Gasteiger partial charge is 0.417 e. The smallest absolute Gasteiger partial charge is 0.334 e. The van der Waals surface area contributed by atoms with Gasteiger partial charge in [0.15, 0.2) is 5.11 Å². The Morgan fingerprint density at radius 2 is 1.60 bits per heavy atom. The number of thiocarbonyl (C=S) groups is 1. The van der Waals surface area contributed by atoms with Gasteiger partial charge in [0, 0.05) is 13.1 Å². The van der Waals surface area contributed by atoms with E-state index >= 15 is 0 Å². The Bertz CT molecular complexity index is 1280. The second kappa shape index (κ2) is 8.46. The Kier molecular flexibility index (Phi) is 5.89. The lowest BCUT2D eigenvalue weighted by Gasteiger charge is -2.30. The minimum absolute atomic E-state index is 0.000179. The molecule has 180 valence electrons. The van der Waals surface area contributed by atoms with Gasteiger partial charge in [0.1, 0.15) is 5.54 Å². The lowest BCUT2D eigenvalue weighted by Crippen LogP contribution is -2.45. The highest BCUT2D eigenvalue weighted by Gasteiger charge is 2.49. The molecule has 1 fully saturated rings. The Morgan fingerprint density at radius 1 is 1.00 bits per heavy atom. The van der Waals surface area contributed by atoms with E-state index in [1.165, 1.54) is 12.1 Å². The van der Waals surface area contributed by atoms with Crippen LogP contribution in [0.25, 0.3) is 0 Å². The number of alkyl halides is 3. The predicted molar refractivity (Wildman–Crippen MR) is 123 cm³/mol. The minimum Gasteiger partial charge on any atom is -0.334 e. The molecular formula is C24H19F3N4O3S. The fourth-order valence-corrected chi connectivity index (χ4v) is 4.78. The zero-order valence-electron chi connectivity index (χ0n) is 18.7. The second-order valence-corrected chi connectivity index (χ2v) is 9.00. The average Bonchev–Trinajstić information content (AvgIpc) is 3.15. The number of nitrogens with zero attached hydrogens (tertiary/aromatic N) is 4. The number of hydrogen-bond donors (Lipinski definition) is 0. The van der Waals surface area contributed by atoms with Crippen molar-refractivity contribution in [3.63, 3.8) is 0 Å². The maximum absolute atomic E-state index is 13.4. The molecule has 0 aromatic heterocycles. The molecular weight excluding hydrogens is 481 g/mol. The van der Waals surface area contributed by atoms with Crippen LogP contribution >= 0.6 is 12.2 Å². The van der Waals surface area contributed by atoms with E-state index in [1.54, 1.807) is 43.0 Å². The number of nitriles is 1. The fraction of sp³-hybridized carbons (Fsp3) is 0.292. The summed E-state index contributed by atoms with van der Waals surface area (Å²) < 4.78 is 40.3. The van der Waals surface area contributed by atoms with Gasteiger partial charge in [0.25, 0.3) is 17.7 Å². The summed E-state index contributed by atoms with van der Waals surface area (Å²) in [5.74, 6) is -1.33. The quantitative estimate of drug-likeness (QED) is 0.456. The first-order valence-electron chi connectivity index (χ1n) is 10.6. The molecule has 2 aromatic carbocycles. The average molecular weight is 501 g/mol. The summed E-state index contributed by atoms with van der Waals surface area (Å²) >= 11 is 5.46. The Balaban J connectivity index is 1.53. The highest BCUT2D eigenvalue weighted by molar-refractivity contribution is 7.80. The van der Waals surface area contributed by atoms with E-state index in [-0.39, 0.29) is 30.3 Å². The van der Waals surface area contributed by atoms with Crippen LogP contribution in [0.15, 0.2) is 42.5 Å². The van der Waals surface area contributed by atoms with Crippen LogP contribution in [-0.2, 0) is 11.0 Å². The third kappa shape index (κ3) is 3.93. The van der Waals surface area contributed by atoms with E-state index in [9.17, 15) is 27.6 Å². The van der Waals surface area contributed by atoms with Gasteiger partial charge >= 0.3 is 6.18 Å². The van der Waals surface area contributed by atoms with Gasteiger partial charge in [-0.15, -0.1) is 0 Å². The summed E-state index contributed by atoms with van der Waals surface area (Å²) in [5, 5.41) is 9.03. The fourth-order valence-electron chi connectivity index (χ4n) is 4.27. The van der Waals surface area contributed by atoms with Crippen LogP contribution in [0.4, 0.5) is 18.9 Å². The molecule has 2 aliphatic rings. The monoisotopic (exact) mass is 500 g/mol. The molecule has 0 bridgehead atoms. The van der Waals surface area contributed by atoms with Crippen molar-refractivity contribution in [3.8, 4) is 6.07 Å². The predicted octanol–water partition coefficient (Wildman–Crippen LogP) is 3.98. The highest BCUT2D eigenvalue weighted by Crippen LogP contribution is 2.38. The second-order valence-electron chi connectivity index (χ2n) is 8.63. The van der Waals surface area contributed by atoms with Crippen LogP contribution in [0, 0.1) is 11.3 Å². The first-order valence-corrected chi connectivity index (χ1v) is 11.0. The van der Waals surface area contributed by atoms with Crippen molar-refractivity contribution in [1.29, 1.82) is 5.26 Å². The van der Waals surface area contributed by atoms with Gasteiger partial charge in [-0.25, -0.2) is 0 Å². The highest BCUT2D eigenvalue weighted by atomic mass is 32.1. The van der Waals surface area contributed by atoms with E-state index in [4.69, 9.17) is 17.5 Å². The van der Waals surface area contributed by atoms with E-state index in [1.807, 2.05) is 0 Å². The number of hydrogen-bond acceptors (Lipinski definition) is 5. The maximum atomic E-state index is 13.4. The number of halogens is 3. The normalized spacial score (nSPS) is 17.3. The number of rotatable bonds is 5. The van der Waals surface area contributed by atoms with Crippen molar-refractivity contribution in [3.05, 3.63) is 64.7 Å². The van der Waals surface area contributed by atoms with Crippen LogP contribution in [0.1, 0.15) is 52.1 Å². The maximum Gasteiger partial charge on any atom is 0.417 e. The summed E-state index contributed by atoms with van der Waals surface area (Å²) in [7, 11) is 0. The Morgan fingerprint density at radius 3 is 2.14 bits per heavy atom. The number of amides is 3. The topological polar surface area (TPSA) is 84.7 Å². The van der Waals surface area contributed by atoms with Gasteiger partial charge in [-0.1, -0.05) is 12.1 Å². The van der Waals surface area contributed by atoms with E-state index in [0.29, 0.717) is 11.1 Å². The van der Waals surface area contributed by atoms with Gasteiger partial charge < -0.3 is 4.90 Å². The number of imide groups is 1. The molecule has 3 amide bonds. The Labute approximate surface area is 204 Å². The molecule has 7 nitrogen and oxygen atoms in total. The van der Waals surface area contributed by atoms with E-state index < -0.39 is 40.6 Å². The van der Waals surface area contributed by atoms with Crippen molar-refractivity contribution in [1.82, 2.24) is 9.80 Å². The van der Waals surface area contributed by atoms with Crippen molar-refractivity contribution < 1.29 is 27.6 Å². The number of anilines is 1. The summed E-state index contributed by atoms with van der Waals surface area (Å²) in [6.45, 7) is 3.46. The summed E-state index contributed by atoms with van der Waals surface area (Å²) in [6.07, 6.45) is -4.50. The van der Waals surface area contributed by atoms with Crippen LogP contribution < -0.4 is 4.90 Å². The van der Waals surface area contributed by atoms with Gasteiger partial charge in [0.2, 0.25) is 0 Å². The van der Waals surface area contributed by atoms with Crippen molar-refractivity contribution in [2.75, 3.05) is 18.0 Å². The zero-order valence-corrected chi connectivity index (χ0v) is 19.5. The van der Waals surface area contributed by atoms with Gasteiger partial charge in [0.05, 0.1) is 34.0 Å². The van der Waals surface area contributed by atoms with E-state index in [0.717, 1.165) is 21.9 Å². The standard InChI is InChI=1S/C24H19F3N4O3S/c1-23(2)21(34)31(15-9-8-14(13-28)18(12-15)24(25,26)27)22(35)30(23)11-5-10-29-19(32)16-6-3-4-7-17(16)20(29)33/h3-4,6-9,12H,5,10-11H2,1-2H3. The molecule has 4 rings (SSSR count). The lowest BCUT2D eigenvalue weighted by atomic mass is 10.0. The number of benzene rings is 2. The SMILES string of the molecule is CC1(C)C(=O)N(c2ccc(C#N)c(C(F)(F)F)c2)C(=S)N1CCCN1C(=O)c2ccccc2C1=O. The van der Waals surface area contributed by atoms with Crippen LogP contribution in [-0.4, -0.2) is 51.3 Å². The first-order chi connectivity index (χ1) is 16.4. The molecule has 0 N–H and O–H groups in total. The van der Waals surface area contributed by atoms with Crippen molar-refractivity contribution in [2.45, 2.75) is 32.0 Å². The third-order valence-electron chi connectivity index (χ3n) is 6.15. The lowest BCUT2D eigenvalue weighted by molar-refractivity contribution is -0.137. The molecule has 0 spiro atoms. The molecule has 2 heterocycles. The number of fused-ring (bicyclic) bond motifs is 1. The summed E-state index contributed by atoms with van der Waals surface area (Å²) in [5.41, 5.74) is -2.33. The number of carbonyl (C=O) groups excluding carboxylic acids is 3. The van der Waals surface area contributed by atoms with Gasteiger partial charge in [-0.05, 0) is 62.8 Å². The Hall–Kier alpha value is -3.78. The van der Waals surface area contributed by atoms with Crippen LogP contribution in [0.3, 0.4) is 0 Å². The van der Waals surface area contributed by atoms with Gasteiger partial charge in [-0.2, -0.15) is 18.4 Å². The molecule has 0 atom stereocenters.